The van der Waals surface area contributed by atoms with Crippen LogP contribution in [0.4, 0.5) is 26.2 Å². The molecule has 0 saturated carbocycles. The molecule has 7 heteroatoms. The molecule has 66 valence electrons. The van der Waals surface area contributed by atoms with Gasteiger partial charge in [0.2, 0.25) is 5.95 Å². The Labute approximate surface area is 66.6 Å². The summed E-state index contributed by atoms with van der Waals surface area (Å²) in [4.78, 5) is 6.65. The molecule has 0 saturated heterocycles. The van der Waals surface area contributed by atoms with Crippen LogP contribution < -0.4 is 17.2 Å². The van der Waals surface area contributed by atoms with Gasteiger partial charge in [0.05, 0.1) is 0 Å². The smallest absolute Gasteiger partial charge is 0.282 e. The summed E-state index contributed by atoms with van der Waals surface area (Å²) >= 11 is 0. The molecule has 0 aliphatic carbocycles. The number of nitrogens with two attached hydrogens (primary N) is 3. The van der Waals surface area contributed by atoms with Crippen LogP contribution in [-0.4, -0.2) is 9.97 Å². The van der Waals surface area contributed by atoms with E-state index in [4.69, 9.17) is 17.2 Å². The van der Waals surface area contributed by atoms with Crippen molar-refractivity contribution in [2.75, 3.05) is 17.2 Å². The molecule has 5 nitrogen and oxygen atoms in total. The maximum atomic E-state index is 12.1. The SMILES string of the molecule is Nc1nc(N)c(N)c(C(F)F)n1. The average Bonchev–Trinajstić information content (AvgIpc) is 1.96. The van der Waals surface area contributed by atoms with E-state index < -0.39 is 12.1 Å². The fourth-order valence-electron chi connectivity index (χ4n) is 0.690. The largest absolute Gasteiger partial charge is 0.394 e. The number of hydrogen-bond donors (Lipinski definition) is 3. The van der Waals surface area contributed by atoms with Crippen LogP contribution in [0.25, 0.3) is 0 Å². The van der Waals surface area contributed by atoms with E-state index in [1.165, 1.54) is 0 Å². The fraction of sp³-hybridized carbons (Fsp3) is 0.200. The van der Waals surface area contributed by atoms with Crippen molar-refractivity contribution in [1.82, 2.24) is 9.97 Å². The Morgan fingerprint density at radius 2 is 1.67 bits per heavy atom. The molecule has 0 atom stereocenters. The Morgan fingerprint density at radius 1 is 1.08 bits per heavy atom. The minimum atomic E-state index is -2.79. The lowest BCUT2D eigenvalue weighted by atomic mass is 10.3. The van der Waals surface area contributed by atoms with Crippen molar-refractivity contribution in [1.29, 1.82) is 0 Å². The molecule has 0 radical (unpaired) electrons. The molecule has 0 aliphatic heterocycles. The highest BCUT2D eigenvalue weighted by atomic mass is 19.3. The molecule has 0 fully saturated rings. The zero-order valence-corrected chi connectivity index (χ0v) is 5.96. The second-order valence-electron chi connectivity index (χ2n) is 2.07. The number of anilines is 3. The molecular formula is C5H7F2N5. The molecule has 6 N–H and O–H groups in total. The van der Waals surface area contributed by atoms with E-state index in [1.54, 1.807) is 0 Å². The van der Waals surface area contributed by atoms with Crippen molar-refractivity contribution >= 4 is 17.5 Å². The molecular weight excluding hydrogens is 168 g/mol. The van der Waals surface area contributed by atoms with Gasteiger partial charge in [0.15, 0.2) is 5.82 Å². The molecule has 1 rings (SSSR count). The van der Waals surface area contributed by atoms with E-state index in [9.17, 15) is 8.78 Å². The van der Waals surface area contributed by atoms with Crippen molar-refractivity contribution in [3.63, 3.8) is 0 Å². The lowest BCUT2D eigenvalue weighted by molar-refractivity contribution is 0.147. The van der Waals surface area contributed by atoms with Crippen LogP contribution in [0.3, 0.4) is 0 Å². The van der Waals surface area contributed by atoms with Gasteiger partial charge in [-0.25, -0.2) is 13.8 Å². The van der Waals surface area contributed by atoms with Gasteiger partial charge in [0, 0.05) is 0 Å². The summed E-state index contributed by atoms with van der Waals surface area (Å²) in [5, 5.41) is 0. The van der Waals surface area contributed by atoms with E-state index in [-0.39, 0.29) is 17.5 Å². The zero-order valence-electron chi connectivity index (χ0n) is 5.96. The van der Waals surface area contributed by atoms with Gasteiger partial charge in [-0.15, -0.1) is 0 Å². The predicted molar refractivity (Wildman–Crippen MR) is 40.2 cm³/mol. The summed E-state index contributed by atoms with van der Waals surface area (Å²) in [6.45, 7) is 0. The number of halogens is 2. The van der Waals surface area contributed by atoms with Crippen molar-refractivity contribution in [3.8, 4) is 0 Å². The fourth-order valence-corrected chi connectivity index (χ4v) is 0.690. The molecule has 1 aromatic rings. The van der Waals surface area contributed by atoms with Crippen molar-refractivity contribution in [2.24, 2.45) is 0 Å². The number of nitrogen functional groups attached to an aromatic ring is 3. The summed E-state index contributed by atoms with van der Waals surface area (Å²) < 4.78 is 24.2. The van der Waals surface area contributed by atoms with Gasteiger partial charge in [-0.3, -0.25) is 0 Å². The monoisotopic (exact) mass is 175 g/mol. The third-order valence-corrected chi connectivity index (χ3v) is 1.23. The summed E-state index contributed by atoms with van der Waals surface area (Å²) in [5.74, 6) is -0.533. The summed E-state index contributed by atoms with van der Waals surface area (Å²) in [6, 6.07) is 0. The lowest BCUT2D eigenvalue weighted by Crippen LogP contribution is -2.08. The molecule has 0 bridgehead atoms. The Kier molecular flexibility index (Phi) is 1.94. The average molecular weight is 175 g/mol. The maximum absolute atomic E-state index is 12.1. The zero-order chi connectivity index (χ0) is 9.30. The standard InChI is InChI=1S/C5H7F2N5/c6-3(7)2-1(8)4(9)12-5(10)11-2/h3H,8H2,(H4,9,10,11,12). The van der Waals surface area contributed by atoms with Crippen LogP contribution in [0.5, 0.6) is 0 Å². The summed E-state index contributed by atoms with van der Waals surface area (Å²) in [7, 11) is 0. The third kappa shape index (κ3) is 1.34. The van der Waals surface area contributed by atoms with E-state index in [2.05, 4.69) is 9.97 Å². The first-order chi connectivity index (χ1) is 5.52. The second kappa shape index (κ2) is 2.76. The van der Waals surface area contributed by atoms with Crippen molar-refractivity contribution in [3.05, 3.63) is 5.69 Å². The van der Waals surface area contributed by atoms with Gasteiger partial charge in [-0.2, -0.15) is 4.98 Å². The number of nitrogens with zero attached hydrogens (tertiary/aromatic N) is 2. The Hall–Kier alpha value is -1.66. The topological polar surface area (TPSA) is 104 Å². The highest BCUT2D eigenvalue weighted by Crippen LogP contribution is 2.26. The highest BCUT2D eigenvalue weighted by Gasteiger charge is 2.16. The first kappa shape index (κ1) is 8.44. The first-order valence-corrected chi connectivity index (χ1v) is 2.99. The van der Waals surface area contributed by atoms with Crippen LogP contribution in [0, 0.1) is 0 Å². The van der Waals surface area contributed by atoms with E-state index in [1.807, 2.05) is 0 Å². The van der Waals surface area contributed by atoms with Crippen LogP contribution in [-0.2, 0) is 0 Å². The quantitative estimate of drug-likeness (QED) is 0.564. The Balaban J connectivity index is 3.28. The Bertz CT molecular complexity index is 300. The van der Waals surface area contributed by atoms with E-state index in [0.717, 1.165) is 0 Å². The Morgan fingerprint density at radius 3 is 2.17 bits per heavy atom. The minimum Gasteiger partial charge on any atom is -0.394 e. The van der Waals surface area contributed by atoms with Gasteiger partial charge >= 0.3 is 0 Å². The number of hydrogen-bond acceptors (Lipinski definition) is 5. The minimum absolute atomic E-state index is 0.224. The third-order valence-electron chi connectivity index (χ3n) is 1.23. The number of alkyl halides is 2. The van der Waals surface area contributed by atoms with E-state index in [0.29, 0.717) is 0 Å². The van der Waals surface area contributed by atoms with E-state index >= 15 is 0 Å². The molecule has 0 aliphatic rings. The molecule has 0 unspecified atom stereocenters. The highest BCUT2D eigenvalue weighted by molar-refractivity contribution is 5.62. The molecule has 0 aromatic carbocycles. The molecule has 0 spiro atoms. The van der Waals surface area contributed by atoms with Gasteiger partial charge in [0.1, 0.15) is 11.4 Å². The van der Waals surface area contributed by atoms with Crippen molar-refractivity contribution in [2.45, 2.75) is 6.43 Å². The van der Waals surface area contributed by atoms with Crippen molar-refractivity contribution < 1.29 is 8.78 Å². The van der Waals surface area contributed by atoms with Gasteiger partial charge in [0.25, 0.3) is 6.43 Å². The van der Waals surface area contributed by atoms with Crippen LogP contribution >= 0.6 is 0 Å². The van der Waals surface area contributed by atoms with Crippen LogP contribution in [0.1, 0.15) is 12.1 Å². The summed E-state index contributed by atoms with van der Waals surface area (Å²) in [6.07, 6.45) is -2.79. The van der Waals surface area contributed by atoms with Crippen LogP contribution in [0.15, 0.2) is 0 Å². The predicted octanol–water partition coefficient (Wildman–Crippen LogP) is 0.161. The molecule has 1 heterocycles. The number of rotatable bonds is 1. The second-order valence-corrected chi connectivity index (χ2v) is 2.07. The molecule has 1 aromatic heterocycles. The maximum Gasteiger partial charge on any atom is 0.282 e. The first-order valence-electron chi connectivity index (χ1n) is 2.99. The summed E-state index contributed by atoms with van der Waals surface area (Å²) in [5.41, 5.74) is 14.5. The molecule has 0 amide bonds. The normalized spacial score (nSPS) is 10.6. The van der Waals surface area contributed by atoms with Gasteiger partial charge in [-0.05, 0) is 0 Å². The van der Waals surface area contributed by atoms with Gasteiger partial charge in [-0.1, -0.05) is 0 Å². The van der Waals surface area contributed by atoms with Crippen LogP contribution in [0.2, 0.25) is 0 Å². The lowest BCUT2D eigenvalue weighted by Gasteiger charge is -2.05. The molecule has 12 heavy (non-hydrogen) atoms. The number of aromatic nitrogens is 2. The van der Waals surface area contributed by atoms with Gasteiger partial charge < -0.3 is 17.2 Å².